The largest absolute Gasteiger partial charge is 0.463 e. The number of benzene rings is 1. The summed E-state index contributed by atoms with van der Waals surface area (Å²) in [4.78, 5) is 58.9. The zero-order valence-electron chi connectivity index (χ0n) is 20.3. The molecule has 1 aliphatic rings. The van der Waals surface area contributed by atoms with E-state index in [0.29, 0.717) is 0 Å². The van der Waals surface area contributed by atoms with Crippen LogP contribution in [0.5, 0.6) is 5.75 Å². The number of aliphatic hydroxyl groups is 1. The second-order valence-electron chi connectivity index (χ2n) is 7.69. The maximum Gasteiger partial charge on any atom is 0.303 e. The number of carbonyl (C=O) groups is 5. The van der Waals surface area contributed by atoms with Crippen molar-refractivity contribution in [3.63, 3.8) is 0 Å². The van der Waals surface area contributed by atoms with Crippen molar-refractivity contribution < 1.29 is 57.5 Å². The molecule has 1 saturated heterocycles. The number of hydrogen-bond acceptors (Lipinski definition) is 12. The van der Waals surface area contributed by atoms with Gasteiger partial charge in [0.25, 0.3) is 5.91 Å². The smallest absolute Gasteiger partial charge is 0.303 e. The van der Waals surface area contributed by atoms with Crippen molar-refractivity contribution in [3.05, 3.63) is 29.8 Å². The van der Waals surface area contributed by atoms with E-state index in [0.717, 1.165) is 20.8 Å². The quantitative estimate of drug-likeness (QED) is 0.315. The van der Waals surface area contributed by atoms with Crippen LogP contribution in [0.15, 0.2) is 24.3 Å². The molecular formula is C23H29NO12. The van der Waals surface area contributed by atoms with Gasteiger partial charge < -0.3 is 38.8 Å². The van der Waals surface area contributed by atoms with Gasteiger partial charge in [0.15, 0.2) is 12.2 Å². The number of esters is 4. The van der Waals surface area contributed by atoms with Crippen LogP contribution in [0.4, 0.5) is 0 Å². The molecule has 198 valence electrons. The average molecular weight is 511 g/mol. The van der Waals surface area contributed by atoms with E-state index < -0.39 is 60.5 Å². The maximum atomic E-state index is 12.0. The number of amides is 1. The first kappa shape index (κ1) is 28.5. The van der Waals surface area contributed by atoms with Crippen molar-refractivity contribution in [2.24, 2.45) is 0 Å². The first-order valence-electron chi connectivity index (χ1n) is 11.0. The van der Waals surface area contributed by atoms with E-state index in [2.05, 4.69) is 5.32 Å². The highest BCUT2D eigenvalue weighted by Crippen LogP contribution is 2.31. The summed E-state index contributed by atoms with van der Waals surface area (Å²) in [5.41, 5.74) is 0.289. The Balaban J connectivity index is 2.37. The molecule has 1 heterocycles. The van der Waals surface area contributed by atoms with Crippen LogP contribution in [0.3, 0.4) is 0 Å². The summed E-state index contributed by atoms with van der Waals surface area (Å²) >= 11 is 0. The molecule has 13 nitrogen and oxygen atoms in total. The Hall–Kier alpha value is -3.71. The second kappa shape index (κ2) is 13.4. The van der Waals surface area contributed by atoms with Gasteiger partial charge in [0.1, 0.15) is 18.5 Å². The lowest BCUT2D eigenvalue weighted by atomic mass is 9.98. The van der Waals surface area contributed by atoms with Crippen LogP contribution in [-0.4, -0.2) is 85.4 Å². The third kappa shape index (κ3) is 8.50. The van der Waals surface area contributed by atoms with Crippen molar-refractivity contribution in [1.29, 1.82) is 0 Å². The summed E-state index contributed by atoms with van der Waals surface area (Å²) < 4.78 is 32.7. The van der Waals surface area contributed by atoms with Gasteiger partial charge in [-0.3, -0.25) is 24.0 Å². The Kier molecular flexibility index (Phi) is 10.6. The van der Waals surface area contributed by atoms with Gasteiger partial charge in [-0.1, -0.05) is 0 Å². The number of carbonyl (C=O) groups excluding carboxylic acids is 5. The molecule has 1 fully saturated rings. The van der Waals surface area contributed by atoms with Crippen LogP contribution in [0.2, 0.25) is 0 Å². The minimum atomic E-state index is -1.39. The molecule has 0 bridgehead atoms. The van der Waals surface area contributed by atoms with Crippen molar-refractivity contribution in [2.45, 2.75) is 58.4 Å². The summed E-state index contributed by atoms with van der Waals surface area (Å²) in [5, 5.41) is 11.3. The Labute approximate surface area is 206 Å². The monoisotopic (exact) mass is 511 g/mol. The van der Waals surface area contributed by atoms with E-state index in [1.165, 1.54) is 31.2 Å². The van der Waals surface area contributed by atoms with Gasteiger partial charge in [-0.25, -0.2) is 0 Å². The SMILES string of the molecule is CC(=O)OC[C@H]1O[C@@H](Oc2ccc(C(=O)NCCO)cc2)[C@H](OC(C)=O)[C@@H](OC(C)=O)[C@@H]1OC(C)=O. The van der Waals surface area contributed by atoms with Crippen LogP contribution in [0.1, 0.15) is 38.1 Å². The molecule has 13 heteroatoms. The van der Waals surface area contributed by atoms with Crippen molar-refractivity contribution in [2.75, 3.05) is 19.8 Å². The first-order chi connectivity index (χ1) is 17.0. The third-order valence-electron chi connectivity index (χ3n) is 4.71. The minimum absolute atomic E-state index is 0.0851. The zero-order chi connectivity index (χ0) is 26.8. The number of aliphatic hydroxyl groups excluding tert-OH is 1. The molecule has 0 spiro atoms. The Morgan fingerprint density at radius 1 is 0.833 bits per heavy atom. The highest BCUT2D eigenvalue weighted by atomic mass is 16.7. The molecule has 0 radical (unpaired) electrons. The Morgan fingerprint density at radius 3 is 1.92 bits per heavy atom. The Bertz CT molecular complexity index is 947. The predicted octanol–water partition coefficient (Wildman–Crippen LogP) is -0.129. The summed E-state index contributed by atoms with van der Waals surface area (Å²) in [7, 11) is 0. The fourth-order valence-corrected chi connectivity index (χ4v) is 3.37. The van der Waals surface area contributed by atoms with Crippen molar-refractivity contribution >= 4 is 29.8 Å². The van der Waals surface area contributed by atoms with Crippen molar-refractivity contribution in [1.82, 2.24) is 5.32 Å². The van der Waals surface area contributed by atoms with Crippen LogP contribution in [-0.2, 0) is 42.9 Å². The Morgan fingerprint density at radius 2 is 1.39 bits per heavy atom. The van der Waals surface area contributed by atoms with E-state index in [1.54, 1.807) is 0 Å². The second-order valence-corrected chi connectivity index (χ2v) is 7.69. The molecule has 1 aromatic rings. The normalized spacial score (nSPS) is 23.1. The lowest BCUT2D eigenvalue weighted by Gasteiger charge is -2.43. The molecule has 1 aromatic carbocycles. The maximum absolute atomic E-state index is 12.0. The summed E-state index contributed by atoms with van der Waals surface area (Å²) in [5.74, 6) is -3.13. The lowest BCUT2D eigenvalue weighted by molar-refractivity contribution is -0.288. The van der Waals surface area contributed by atoms with E-state index >= 15 is 0 Å². The molecule has 1 amide bonds. The zero-order valence-corrected chi connectivity index (χ0v) is 20.3. The molecule has 0 aromatic heterocycles. The molecule has 36 heavy (non-hydrogen) atoms. The molecule has 0 unspecified atom stereocenters. The number of ether oxygens (including phenoxy) is 6. The van der Waals surface area contributed by atoms with E-state index in [4.69, 9.17) is 33.5 Å². The predicted molar refractivity (Wildman–Crippen MR) is 118 cm³/mol. The minimum Gasteiger partial charge on any atom is -0.463 e. The van der Waals surface area contributed by atoms with Gasteiger partial charge in [0.2, 0.25) is 12.4 Å². The van der Waals surface area contributed by atoms with E-state index in [1.807, 2.05) is 0 Å². The number of nitrogens with one attached hydrogen (secondary N) is 1. The van der Waals surface area contributed by atoms with Gasteiger partial charge in [-0.05, 0) is 24.3 Å². The summed E-state index contributed by atoms with van der Waals surface area (Å²) in [6.45, 7) is 4.01. The molecule has 0 aliphatic carbocycles. The molecule has 0 saturated carbocycles. The topological polar surface area (TPSA) is 173 Å². The van der Waals surface area contributed by atoms with Crippen LogP contribution in [0, 0.1) is 0 Å². The van der Waals surface area contributed by atoms with Crippen molar-refractivity contribution in [3.8, 4) is 5.75 Å². The summed E-state index contributed by atoms with van der Waals surface area (Å²) in [6.07, 6.45) is -6.58. The van der Waals surface area contributed by atoms with Crippen LogP contribution in [0.25, 0.3) is 0 Å². The average Bonchev–Trinajstić information content (AvgIpc) is 2.79. The fraction of sp³-hybridized carbons (Fsp3) is 0.522. The molecule has 1 aliphatic heterocycles. The molecule has 2 N–H and O–H groups in total. The first-order valence-corrected chi connectivity index (χ1v) is 11.0. The number of rotatable bonds is 10. The van der Waals surface area contributed by atoms with Gasteiger partial charge in [-0.2, -0.15) is 0 Å². The third-order valence-corrected chi connectivity index (χ3v) is 4.71. The molecule has 5 atom stereocenters. The standard InChI is InChI=1S/C23H29NO12/c1-12(26)31-11-18-19(32-13(2)27)20(33-14(3)28)21(34-15(4)29)23(36-18)35-17-7-5-16(6-8-17)22(30)24-9-10-25/h5-8,18-21,23,25H,9-11H2,1-4H3,(H,24,30)/t18-,19-,20+,21-,23-/m1/s1. The van der Waals surface area contributed by atoms with E-state index in [-0.39, 0.29) is 31.1 Å². The molecule has 2 rings (SSSR count). The summed E-state index contributed by atoms with van der Waals surface area (Å²) in [6, 6.07) is 5.80. The lowest BCUT2D eigenvalue weighted by Crippen LogP contribution is -2.63. The molecular weight excluding hydrogens is 482 g/mol. The van der Waals surface area contributed by atoms with Gasteiger partial charge >= 0.3 is 23.9 Å². The van der Waals surface area contributed by atoms with E-state index in [9.17, 15) is 24.0 Å². The highest BCUT2D eigenvalue weighted by Gasteiger charge is 2.53. The van der Waals surface area contributed by atoms with Crippen LogP contribution < -0.4 is 10.1 Å². The highest BCUT2D eigenvalue weighted by molar-refractivity contribution is 5.94. The van der Waals surface area contributed by atoms with Gasteiger partial charge in [0, 0.05) is 39.8 Å². The van der Waals surface area contributed by atoms with Crippen LogP contribution >= 0.6 is 0 Å². The van der Waals surface area contributed by atoms with Gasteiger partial charge in [0.05, 0.1) is 6.61 Å². The van der Waals surface area contributed by atoms with Gasteiger partial charge in [-0.15, -0.1) is 0 Å². The fourth-order valence-electron chi connectivity index (χ4n) is 3.37. The number of hydrogen-bond donors (Lipinski definition) is 2.